The van der Waals surface area contributed by atoms with Crippen LogP contribution in [0.25, 0.3) is 6.08 Å². The predicted octanol–water partition coefficient (Wildman–Crippen LogP) is 3.13. The highest BCUT2D eigenvalue weighted by Gasteiger charge is 2.36. The largest absolute Gasteiger partial charge is 0.506 e. The number of phenolic OH excluding ortho intramolecular Hbond substituents is 1. The number of imide groups is 1. The minimum atomic E-state index is -0.559. The number of phenols is 1. The quantitative estimate of drug-likeness (QED) is 0.646. The van der Waals surface area contributed by atoms with E-state index < -0.39 is 23.6 Å². The molecule has 1 aromatic heterocycles. The van der Waals surface area contributed by atoms with Gasteiger partial charge in [0.2, 0.25) is 5.91 Å². The van der Waals surface area contributed by atoms with Crippen LogP contribution in [-0.4, -0.2) is 33.6 Å². The molecule has 0 bridgehead atoms. The molecule has 3 rings (SSSR count). The summed E-state index contributed by atoms with van der Waals surface area (Å²) in [4.78, 5) is 38.3. The summed E-state index contributed by atoms with van der Waals surface area (Å²) in [5.41, 5.74) is 0.226. The van der Waals surface area contributed by atoms with E-state index in [0.717, 1.165) is 21.5 Å². The van der Waals surface area contributed by atoms with Crippen LogP contribution in [0.4, 0.5) is 10.5 Å². The van der Waals surface area contributed by atoms with Crippen LogP contribution in [0.15, 0.2) is 46.7 Å². The second-order valence-corrected chi connectivity index (χ2v) is 6.82. The SMILES string of the molecule is O=C(CN1C(=O)S/C(=C\c2cccs2)C1=O)Nc1ccccc1O. The second kappa shape index (κ2) is 6.90. The van der Waals surface area contributed by atoms with Crippen molar-refractivity contribution in [3.63, 3.8) is 0 Å². The number of nitrogens with zero attached hydrogens (tertiary/aromatic N) is 1. The van der Waals surface area contributed by atoms with Crippen molar-refractivity contribution in [2.75, 3.05) is 11.9 Å². The van der Waals surface area contributed by atoms with Crippen molar-refractivity contribution in [3.05, 3.63) is 51.6 Å². The van der Waals surface area contributed by atoms with Gasteiger partial charge < -0.3 is 10.4 Å². The van der Waals surface area contributed by atoms with E-state index in [1.165, 1.54) is 23.5 Å². The first-order chi connectivity index (χ1) is 11.5. The molecule has 0 spiro atoms. The highest BCUT2D eigenvalue weighted by Crippen LogP contribution is 2.33. The molecule has 122 valence electrons. The Hall–Kier alpha value is -2.58. The highest BCUT2D eigenvalue weighted by molar-refractivity contribution is 8.18. The first-order valence-corrected chi connectivity index (χ1v) is 8.61. The molecule has 6 nitrogen and oxygen atoms in total. The molecule has 8 heteroatoms. The lowest BCUT2D eigenvalue weighted by atomic mass is 10.3. The summed E-state index contributed by atoms with van der Waals surface area (Å²) >= 11 is 2.26. The van der Waals surface area contributed by atoms with Gasteiger partial charge in [0.25, 0.3) is 11.1 Å². The zero-order chi connectivity index (χ0) is 17.1. The molecule has 1 aliphatic rings. The van der Waals surface area contributed by atoms with Crippen molar-refractivity contribution in [2.24, 2.45) is 0 Å². The molecular weight excluding hydrogens is 348 g/mol. The summed E-state index contributed by atoms with van der Waals surface area (Å²) in [6.07, 6.45) is 1.64. The lowest BCUT2D eigenvalue weighted by Gasteiger charge is -2.12. The number of hydrogen-bond donors (Lipinski definition) is 2. The number of hydrogen-bond acceptors (Lipinski definition) is 6. The molecule has 0 aliphatic carbocycles. The van der Waals surface area contributed by atoms with Gasteiger partial charge in [0.15, 0.2) is 0 Å². The molecule has 1 fully saturated rings. The topological polar surface area (TPSA) is 86.7 Å². The van der Waals surface area contributed by atoms with Crippen molar-refractivity contribution >= 4 is 51.9 Å². The number of thiophene rings is 1. The zero-order valence-corrected chi connectivity index (χ0v) is 13.9. The number of amides is 3. The van der Waals surface area contributed by atoms with Crippen LogP contribution in [0.5, 0.6) is 5.75 Å². The molecule has 1 aliphatic heterocycles. The molecule has 0 saturated carbocycles. The third kappa shape index (κ3) is 3.50. The molecule has 2 aromatic rings. The monoisotopic (exact) mass is 360 g/mol. The van der Waals surface area contributed by atoms with Gasteiger partial charge in [-0.05, 0) is 41.4 Å². The summed E-state index contributed by atoms with van der Waals surface area (Å²) in [6.45, 7) is -0.402. The number of nitrogens with one attached hydrogen (secondary N) is 1. The number of para-hydroxylation sites is 2. The number of thioether (sulfide) groups is 1. The van der Waals surface area contributed by atoms with Crippen LogP contribution in [0.2, 0.25) is 0 Å². The summed E-state index contributed by atoms with van der Waals surface area (Å²) in [5.74, 6) is -1.14. The van der Waals surface area contributed by atoms with E-state index in [2.05, 4.69) is 5.32 Å². The van der Waals surface area contributed by atoms with E-state index in [4.69, 9.17) is 0 Å². The maximum atomic E-state index is 12.3. The van der Waals surface area contributed by atoms with Crippen molar-refractivity contribution in [1.82, 2.24) is 4.90 Å². The van der Waals surface area contributed by atoms with E-state index in [9.17, 15) is 19.5 Å². The summed E-state index contributed by atoms with van der Waals surface area (Å²) < 4.78 is 0. The smallest absolute Gasteiger partial charge is 0.294 e. The normalized spacial score (nSPS) is 16.0. The summed E-state index contributed by atoms with van der Waals surface area (Å²) in [7, 11) is 0. The van der Waals surface area contributed by atoms with Gasteiger partial charge in [-0.25, -0.2) is 0 Å². The van der Waals surface area contributed by atoms with Crippen LogP contribution in [0, 0.1) is 0 Å². The number of aromatic hydroxyl groups is 1. The molecule has 2 heterocycles. The summed E-state index contributed by atoms with van der Waals surface area (Å²) in [6, 6.07) is 9.91. The third-order valence-electron chi connectivity index (χ3n) is 3.17. The fourth-order valence-corrected chi connectivity index (χ4v) is 3.61. The Kier molecular flexibility index (Phi) is 4.68. The lowest BCUT2D eigenvalue weighted by molar-refractivity contribution is -0.127. The van der Waals surface area contributed by atoms with Crippen LogP contribution in [0.3, 0.4) is 0 Å². The van der Waals surface area contributed by atoms with E-state index in [0.29, 0.717) is 0 Å². The Bertz CT molecular complexity index is 830. The van der Waals surface area contributed by atoms with Gasteiger partial charge in [-0.15, -0.1) is 11.3 Å². The van der Waals surface area contributed by atoms with Gasteiger partial charge >= 0.3 is 0 Å². The molecule has 1 saturated heterocycles. The van der Waals surface area contributed by atoms with E-state index in [1.807, 2.05) is 17.5 Å². The van der Waals surface area contributed by atoms with Crippen LogP contribution >= 0.6 is 23.1 Å². The first kappa shape index (κ1) is 16.3. The Balaban J connectivity index is 1.69. The Morgan fingerprint density at radius 2 is 2.00 bits per heavy atom. The molecule has 1 aromatic carbocycles. The van der Waals surface area contributed by atoms with Gasteiger partial charge in [0.1, 0.15) is 12.3 Å². The van der Waals surface area contributed by atoms with Crippen molar-refractivity contribution in [1.29, 1.82) is 0 Å². The Morgan fingerprint density at radius 1 is 1.21 bits per heavy atom. The fraction of sp³-hybridized carbons (Fsp3) is 0.0625. The Morgan fingerprint density at radius 3 is 2.71 bits per heavy atom. The third-order valence-corrected chi connectivity index (χ3v) is 4.90. The van der Waals surface area contributed by atoms with Crippen molar-refractivity contribution in [2.45, 2.75) is 0 Å². The molecule has 3 amide bonds. The average Bonchev–Trinajstić information content (AvgIpc) is 3.14. The van der Waals surface area contributed by atoms with Gasteiger partial charge in [0.05, 0.1) is 10.6 Å². The maximum absolute atomic E-state index is 12.3. The summed E-state index contributed by atoms with van der Waals surface area (Å²) in [5, 5.41) is 13.5. The molecule has 0 unspecified atom stereocenters. The van der Waals surface area contributed by atoms with Gasteiger partial charge in [-0.3, -0.25) is 19.3 Å². The number of rotatable bonds is 4. The van der Waals surface area contributed by atoms with Crippen LogP contribution in [0.1, 0.15) is 4.88 Å². The van der Waals surface area contributed by atoms with Crippen molar-refractivity contribution < 1.29 is 19.5 Å². The first-order valence-electron chi connectivity index (χ1n) is 6.91. The molecule has 0 radical (unpaired) electrons. The molecule has 24 heavy (non-hydrogen) atoms. The van der Waals surface area contributed by atoms with Gasteiger partial charge in [-0.2, -0.15) is 0 Å². The zero-order valence-electron chi connectivity index (χ0n) is 12.3. The van der Waals surface area contributed by atoms with E-state index in [1.54, 1.807) is 18.2 Å². The van der Waals surface area contributed by atoms with Crippen LogP contribution < -0.4 is 5.32 Å². The molecular formula is C16H12N2O4S2. The molecule has 2 N–H and O–H groups in total. The van der Waals surface area contributed by atoms with E-state index in [-0.39, 0.29) is 16.3 Å². The average molecular weight is 360 g/mol. The minimum absolute atomic E-state index is 0.0856. The minimum Gasteiger partial charge on any atom is -0.506 e. The number of anilines is 1. The highest BCUT2D eigenvalue weighted by atomic mass is 32.2. The fourth-order valence-electron chi connectivity index (χ4n) is 2.05. The lowest BCUT2D eigenvalue weighted by Crippen LogP contribution is -2.36. The van der Waals surface area contributed by atoms with E-state index >= 15 is 0 Å². The number of carbonyl (C=O) groups is 3. The van der Waals surface area contributed by atoms with Crippen LogP contribution in [-0.2, 0) is 9.59 Å². The standard InChI is InChI=1S/C16H12N2O4S2/c19-12-6-2-1-5-11(12)17-14(20)9-18-15(21)13(24-16(18)22)8-10-4-3-7-23-10/h1-8,19H,9H2,(H,17,20)/b13-8-. The maximum Gasteiger partial charge on any atom is 0.294 e. The Labute approximate surface area is 145 Å². The second-order valence-electron chi connectivity index (χ2n) is 4.85. The predicted molar refractivity (Wildman–Crippen MR) is 93.7 cm³/mol. The molecule has 0 atom stereocenters. The number of benzene rings is 1. The van der Waals surface area contributed by atoms with Crippen molar-refractivity contribution in [3.8, 4) is 5.75 Å². The van der Waals surface area contributed by atoms with Gasteiger partial charge in [0, 0.05) is 4.88 Å². The number of carbonyl (C=O) groups excluding carboxylic acids is 3. The van der Waals surface area contributed by atoms with Gasteiger partial charge in [-0.1, -0.05) is 18.2 Å².